The fourth-order valence-corrected chi connectivity index (χ4v) is 2.42. The molecule has 1 aromatic heterocycles. The maximum Gasteiger partial charge on any atom is 0.0536 e. The van der Waals surface area contributed by atoms with Gasteiger partial charge in [-0.25, -0.2) is 0 Å². The van der Waals surface area contributed by atoms with Crippen molar-refractivity contribution >= 4 is 27.3 Å². The molecule has 56 valence electrons. The number of hydrogen-bond acceptors (Lipinski definition) is 3. The molecule has 1 heterocycles. The number of thiophene rings is 1. The molecular formula is C6H9BrN2S. The lowest BCUT2D eigenvalue weighted by Crippen LogP contribution is -2.25. The lowest BCUT2D eigenvalue weighted by molar-refractivity contribution is 0.610. The molecule has 0 aliphatic rings. The van der Waals surface area contributed by atoms with E-state index in [2.05, 4.69) is 21.4 Å². The fourth-order valence-electron chi connectivity index (χ4n) is 0.690. The fraction of sp³-hybridized carbons (Fsp3) is 0.333. The highest BCUT2D eigenvalue weighted by Crippen LogP contribution is 2.27. The third-order valence-corrected chi connectivity index (χ3v) is 3.34. The van der Waals surface area contributed by atoms with Gasteiger partial charge in [-0.05, 0) is 34.3 Å². The summed E-state index contributed by atoms with van der Waals surface area (Å²) in [6.07, 6.45) is 0. The Morgan fingerprint density at radius 1 is 1.80 bits per heavy atom. The van der Waals surface area contributed by atoms with Gasteiger partial charge in [-0.2, -0.15) is 0 Å². The zero-order chi connectivity index (χ0) is 7.56. The van der Waals surface area contributed by atoms with E-state index in [1.807, 2.05) is 18.4 Å². The topological polar surface area (TPSA) is 38.0 Å². The van der Waals surface area contributed by atoms with E-state index < -0.39 is 0 Å². The van der Waals surface area contributed by atoms with Gasteiger partial charge >= 0.3 is 0 Å². The molecule has 0 saturated carbocycles. The van der Waals surface area contributed by atoms with Crippen LogP contribution >= 0.6 is 27.3 Å². The summed E-state index contributed by atoms with van der Waals surface area (Å²) in [5.74, 6) is 5.27. The predicted molar refractivity (Wildman–Crippen MR) is 47.8 cm³/mol. The highest BCUT2D eigenvalue weighted by molar-refractivity contribution is 9.10. The molecule has 3 N–H and O–H groups in total. The van der Waals surface area contributed by atoms with Crippen LogP contribution in [0.2, 0.25) is 0 Å². The highest BCUT2D eigenvalue weighted by atomic mass is 79.9. The van der Waals surface area contributed by atoms with Crippen molar-refractivity contribution in [1.29, 1.82) is 0 Å². The molecule has 0 fully saturated rings. The molecule has 0 spiro atoms. The van der Waals surface area contributed by atoms with Crippen LogP contribution in [-0.4, -0.2) is 0 Å². The second-order valence-corrected chi connectivity index (χ2v) is 3.82. The summed E-state index contributed by atoms with van der Waals surface area (Å²) in [5, 5.41) is 2.03. The van der Waals surface area contributed by atoms with Crippen molar-refractivity contribution in [3.05, 3.63) is 20.8 Å². The minimum Gasteiger partial charge on any atom is -0.271 e. The van der Waals surface area contributed by atoms with E-state index in [4.69, 9.17) is 5.84 Å². The first kappa shape index (κ1) is 8.20. The number of rotatable bonds is 2. The van der Waals surface area contributed by atoms with Crippen molar-refractivity contribution in [3.8, 4) is 0 Å². The summed E-state index contributed by atoms with van der Waals surface area (Å²) in [7, 11) is 0. The largest absolute Gasteiger partial charge is 0.271 e. The van der Waals surface area contributed by atoms with Crippen molar-refractivity contribution in [2.45, 2.75) is 13.0 Å². The SMILES string of the molecule is C[C@H](NN)c1sccc1Br. The van der Waals surface area contributed by atoms with Gasteiger partial charge in [0.2, 0.25) is 0 Å². The van der Waals surface area contributed by atoms with Crippen molar-refractivity contribution in [2.75, 3.05) is 0 Å². The Morgan fingerprint density at radius 3 is 2.90 bits per heavy atom. The van der Waals surface area contributed by atoms with Crippen LogP contribution in [0.5, 0.6) is 0 Å². The first-order chi connectivity index (χ1) is 4.75. The van der Waals surface area contributed by atoms with E-state index in [0.29, 0.717) is 0 Å². The van der Waals surface area contributed by atoms with Gasteiger partial charge in [-0.3, -0.25) is 11.3 Å². The molecule has 0 aromatic carbocycles. The molecule has 0 radical (unpaired) electrons. The van der Waals surface area contributed by atoms with E-state index >= 15 is 0 Å². The zero-order valence-corrected chi connectivity index (χ0v) is 8.00. The summed E-state index contributed by atoms with van der Waals surface area (Å²) in [5.41, 5.74) is 2.69. The van der Waals surface area contributed by atoms with Crippen LogP contribution in [0.25, 0.3) is 0 Å². The Bertz CT molecular complexity index is 211. The van der Waals surface area contributed by atoms with Crippen molar-refractivity contribution < 1.29 is 0 Å². The second-order valence-electron chi connectivity index (χ2n) is 2.02. The summed E-state index contributed by atoms with van der Waals surface area (Å²) in [6.45, 7) is 2.02. The van der Waals surface area contributed by atoms with Gasteiger partial charge in [0.25, 0.3) is 0 Å². The quantitative estimate of drug-likeness (QED) is 0.592. The summed E-state index contributed by atoms with van der Waals surface area (Å²) in [6, 6.07) is 2.25. The molecule has 1 atom stereocenters. The minimum atomic E-state index is 0.231. The molecule has 10 heavy (non-hydrogen) atoms. The van der Waals surface area contributed by atoms with Gasteiger partial charge in [0.1, 0.15) is 0 Å². The van der Waals surface area contributed by atoms with Crippen LogP contribution in [0.15, 0.2) is 15.9 Å². The number of hydrazine groups is 1. The average Bonchev–Trinajstić information content (AvgIpc) is 2.34. The second kappa shape index (κ2) is 3.48. The average molecular weight is 221 g/mol. The Morgan fingerprint density at radius 2 is 2.50 bits per heavy atom. The van der Waals surface area contributed by atoms with E-state index in [1.165, 1.54) is 4.88 Å². The molecule has 0 unspecified atom stereocenters. The molecular weight excluding hydrogens is 212 g/mol. The molecule has 4 heteroatoms. The maximum atomic E-state index is 5.27. The van der Waals surface area contributed by atoms with Crippen LogP contribution in [0.1, 0.15) is 17.8 Å². The third kappa shape index (κ3) is 1.58. The van der Waals surface area contributed by atoms with Crippen LogP contribution in [0.4, 0.5) is 0 Å². The van der Waals surface area contributed by atoms with Gasteiger partial charge < -0.3 is 0 Å². The van der Waals surface area contributed by atoms with E-state index in [9.17, 15) is 0 Å². The van der Waals surface area contributed by atoms with Gasteiger partial charge in [0.05, 0.1) is 6.04 Å². The molecule has 0 aliphatic carbocycles. The summed E-state index contributed by atoms with van der Waals surface area (Å²) in [4.78, 5) is 1.24. The lowest BCUT2D eigenvalue weighted by Gasteiger charge is -2.06. The summed E-state index contributed by atoms with van der Waals surface area (Å²) < 4.78 is 1.13. The number of halogens is 1. The number of nitrogens with two attached hydrogens (primary N) is 1. The molecule has 0 amide bonds. The maximum absolute atomic E-state index is 5.27. The highest BCUT2D eigenvalue weighted by Gasteiger charge is 2.07. The normalized spacial score (nSPS) is 13.5. The Kier molecular flexibility index (Phi) is 2.85. The van der Waals surface area contributed by atoms with Gasteiger partial charge in [0.15, 0.2) is 0 Å². The van der Waals surface area contributed by atoms with E-state index in [1.54, 1.807) is 11.3 Å². The molecule has 1 rings (SSSR count). The van der Waals surface area contributed by atoms with Crippen LogP contribution in [-0.2, 0) is 0 Å². The zero-order valence-electron chi connectivity index (χ0n) is 5.60. The first-order valence-electron chi connectivity index (χ1n) is 2.94. The standard InChI is InChI=1S/C6H9BrN2S/c1-4(9-8)6-5(7)2-3-10-6/h2-4,9H,8H2,1H3/t4-/m0/s1. The van der Waals surface area contributed by atoms with Crippen molar-refractivity contribution in [2.24, 2.45) is 5.84 Å². The first-order valence-corrected chi connectivity index (χ1v) is 4.62. The number of nitrogens with one attached hydrogen (secondary N) is 1. The van der Waals surface area contributed by atoms with E-state index in [-0.39, 0.29) is 6.04 Å². The molecule has 0 saturated heterocycles. The minimum absolute atomic E-state index is 0.231. The Labute approximate surface area is 72.5 Å². The van der Waals surface area contributed by atoms with Crippen LogP contribution in [0, 0.1) is 0 Å². The monoisotopic (exact) mass is 220 g/mol. The van der Waals surface area contributed by atoms with Crippen LogP contribution in [0.3, 0.4) is 0 Å². The predicted octanol–water partition coefficient (Wildman–Crippen LogP) is 2.03. The molecule has 0 aliphatic heterocycles. The molecule has 0 bridgehead atoms. The smallest absolute Gasteiger partial charge is 0.0536 e. The lowest BCUT2D eigenvalue weighted by atomic mass is 10.3. The Hall–Kier alpha value is 0.100. The van der Waals surface area contributed by atoms with Gasteiger partial charge in [-0.1, -0.05) is 0 Å². The molecule has 1 aromatic rings. The van der Waals surface area contributed by atoms with Crippen molar-refractivity contribution in [1.82, 2.24) is 5.43 Å². The Balaban J connectivity index is 2.82. The van der Waals surface area contributed by atoms with Crippen LogP contribution < -0.4 is 11.3 Å². The van der Waals surface area contributed by atoms with Gasteiger partial charge in [-0.15, -0.1) is 11.3 Å². The van der Waals surface area contributed by atoms with Gasteiger partial charge in [0, 0.05) is 9.35 Å². The molecule has 2 nitrogen and oxygen atoms in total. The van der Waals surface area contributed by atoms with E-state index in [0.717, 1.165) is 4.47 Å². The van der Waals surface area contributed by atoms with Crippen molar-refractivity contribution in [3.63, 3.8) is 0 Å². The summed E-state index contributed by atoms with van der Waals surface area (Å²) >= 11 is 5.12. The third-order valence-electron chi connectivity index (χ3n) is 1.29. The number of hydrogen-bond donors (Lipinski definition) is 2.